The summed E-state index contributed by atoms with van der Waals surface area (Å²) in [6.07, 6.45) is -4.82. The second-order valence-corrected chi connectivity index (χ2v) is 17.6. The average Bonchev–Trinajstić information content (AvgIpc) is 4.08. The van der Waals surface area contributed by atoms with Gasteiger partial charge in [0.25, 0.3) is 21.8 Å². The van der Waals surface area contributed by atoms with Crippen molar-refractivity contribution < 1.29 is 48.3 Å². The Bertz CT molecular complexity index is 2550. The van der Waals surface area contributed by atoms with E-state index >= 15 is 0 Å². The van der Waals surface area contributed by atoms with E-state index in [0.29, 0.717) is 46.7 Å². The number of aliphatic hydroxyl groups excluding tert-OH is 1. The molecular formula is C41H41F4N7O7S2. The van der Waals surface area contributed by atoms with E-state index in [1.807, 2.05) is 6.07 Å². The Labute approximate surface area is 349 Å². The van der Waals surface area contributed by atoms with E-state index in [1.54, 1.807) is 103 Å². The topological polar surface area (TPSA) is 176 Å². The standard InChI is InChI=1S/C23H26F2N4O4S.C18H15F2N3O3S/c24-21(25)23-27-26-22(33-23)19-8-6-17(7-9-19)15-29(20-4-2-1-3-5-20)34(31,32)13-12-28-11-10-18(14-28)16-30;1-2-27(24,25)23(15-6-4-3-5-7-15)12-13-8-10-14(11-9-13)17-21-22-18(26-17)16(19)20/h1-9,18,21,30H,10-16H2;2-11,16H,1,12H2/t18-;/m0./s1. The van der Waals surface area contributed by atoms with Gasteiger partial charge in [-0.1, -0.05) is 67.2 Å². The molecule has 1 fully saturated rings. The fourth-order valence-corrected chi connectivity index (χ4v) is 8.72. The van der Waals surface area contributed by atoms with Gasteiger partial charge in [0.1, 0.15) is 0 Å². The lowest BCUT2D eigenvalue weighted by Crippen LogP contribution is -2.37. The molecule has 1 aliphatic rings. The van der Waals surface area contributed by atoms with Gasteiger partial charge in [-0.2, -0.15) is 17.6 Å². The van der Waals surface area contributed by atoms with E-state index in [2.05, 4.69) is 31.9 Å². The molecule has 3 heterocycles. The van der Waals surface area contributed by atoms with Crippen LogP contribution in [-0.4, -0.2) is 79.2 Å². The lowest BCUT2D eigenvalue weighted by atomic mass is 10.1. The molecule has 322 valence electrons. The van der Waals surface area contributed by atoms with E-state index in [0.717, 1.165) is 18.4 Å². The van der Waals surface area contributed by atoms with Crippen molar-refractivity contribution >= 4 is 31.4 Å². The maximum atomic E-state index is 13.3. The highest BCUT2D eigenvalue weighted by Gasteiger charge is 2.28. The van der Waals surface area contributed by atoms with Crippen molar-refractivity contribution in [2.24, 2.45) is 5.92 Å². The van der Waals surface area contributed by atoms with Crippen molar-refractivity contribution in [1.82, 2.24) is 25.3 Å². The van der Waals surface area contributed by atoms with Crippen molar-refractivity contribution in [3.05, 3.63) is 144 Å². The van der Waals surface area contributed by atoms with Crippen molar-refractivity contribution in [1.29, 1.82) is 0 Å². The first-order valence-corrected chi connectivity index (χ1v) is 21.9. The van der Waals surface area contributed by atoms with Gasteiger partial charge in [-0.15, -0.1) is 20.4 Å². The summed E-state index contributed by atoms with van der Waals surface area (Å²) < 4.78 is 114. The van der Waals surface area contributed by atoms with Crippen molar-refractivity contribution in [3.8, 4) is 22.9 Å². The van der Waals surface area contributed by atoms with Gasteiger partial charge in [-0.05, 0) is 78.5 Å². The Morgan fingerprint density at radius 3 is 1.57 bits per heavy atom. The predicted molar refractivity (Wildman–Crippen MR) is 219 cm³/mol. The third-order valence-electron chi connectivity index (χ3n) is 9.54. The largest absolute Gasteiger partial charge is 0.415 e. The molecule has 0 saturated carbocycles. The summed E-state index contributed by atoms with van der Waals surface area (Å²) in [4.78, 5) is 2.06. The van der Waals surface area contributed by atoms with Crippen LogP contribution in [0.2, 0.25) is 0 Å². The third-order valence-corrected chi connectivity index (χ3v) is 12.6. The molecule has 1 saturated heterocycles. The molecule has 20 heteroatoms. The predicted octanol–water partition coefficient (Wildman–Crippen LogP) is 7.48. The zero-order valence-electron chi connectivity index (χ0n) is 32.4. The molecule has 0 aliphatic carbocycles. The average molecular weight is 884 g/mol. The number of halogens is 4. The molecule has 0 unspecified atom stereocenters. The van der Waals surface area contributed by atoms with Crippen LogP contribution in [0.25, 0.3) is 22.9 Å². The van der Waals surface area contributed by atoms with Crippen LogP contribution in [0.5, 0.6) is 0 Å². The van der Waals surface area contributed by atoms with Gasteiger partial charge in [-0.25, -0.2) is 16.8 Å². The zero-order chi connectivity index (χ0) is 43.6. The van der Waals surface area contributed by atoms with Crippen LogP contribution >= 0.6 is 0 Å². The van der Waals surface area contributed by atoms with Gasteiger partial charge in [0.2, 0.25) is 21.8 Å². The van der Waals surface area contributed by atoms with Crippen LogP contribution in [0.4, 0.5) is 28.9 Å². The summed E-state index contributed by atoms with van der Waals surface area (Å²) >= 11 is 0. The van der Waals surface area contributed by atoms with Crippen LogP contribution in [-0.2, 0) is 33.1 Å². The van der Waals surface area contributed by atoms with Gasteiger partial charge < -0.3 is 18.8 Å². The Kier molecular flexibility index (Phi) is 14.7. The second kappa shape index (κ2) is 20.1. The summed E-state index contributed by atoms with van der Waals surface area (Å²) in [6.45, 7) is 5.53. The van der Waals surface area contributed by atoms with E-state index in [4.69, 9.17) is 8.83 Å². The van der Waals surface area contributed by atoms with Gasteiger partial charge in [-0.3, -0.25) is 8.61 Å². The number of rotatable bonds is 17. The highest BCUT2D eigenvalue weighted by atomic mass is 32.2. The van der Waals surface area contributed by atoms with Gasteiger partial charge in [0.05, 0.1) is 30.2 Å². The second-order valence-electron chi connectivity index (χ2n) is 13.7. The number of hydrogen-bond donors (Lipinski definition) is 1. The molecule has 14 nitrogen and oxygen atoms in total. The molecule has 0 radical (unpaired) electrons. The van der Waals surface area contributed by atoms with Gasteiger partial charge in [0.15, 0.2) is 0 Å². The SMILES string of the molecule is C=CS(=O)(=O)N(Cc1ccc(-c2nnc(C(F)F)o2)cc1)c1ccccc1.O=S(=O)(CCN1CC[C@H](CO)C1)N(Cc1ccc(-c2nnc(C(F)F)o2)cc1)c1ccccc1. The number of aromatic nitrogens is 4. The van der Waals surface area contributed by atoms with Crippen molar-refractivity contribution in [2.75, 3.05) is 40.6 Å². The first-order valence-electron chi connectivity index (χ1n) is 18.8. The minimum absolute atomic E-state index is 0.0267. The first kappa shape index (κ1) is 44.6. The molecule has 0 spiro atoms. The Morgan fingerprint density at radius 1 is 0.705 bits per heavy atom. The molecule has 61 heavy (non-hydrogen) atoms. The molecular weight excluding hydrogens is 843 g/mol. The quantitative estimate of drug-likeness (QED) is 0.0896. The maximum Gasteiger partial charge on any atom is 0.314 e. The summed E-state index contributed by atoms with van der Waals surface area (Å²) in [7, 11) is -7.36. The number of anilines is 2. The minimum atomic E-state index is -3.71. The third kappa shape index (κ3) is 11.7. The van der Waals surface area contributed by atoms with Crippen LogP contribution in [0.3, 0.4) is 0 Å². The molecule has 1 N–H and O–H groups in total. The molecule has 0 bridgehead atoms. The van der Waals surface area contributed by atoms with Gasteiger partial charge in [0, 0.05) is 36.2 Å². The highest BCUT2D eigenvalue weighted by Crippen LogP contribution is 2.28. The molecule has 4 aromatic carbocycles. The summed E-state index contributed by atoms with van der Waals surface area (Å²) in [5, 5.41) is 24.0. The number of hydrogen-bond acceptors (Lipinski definition) is 12. The van der Waals surface area contributed by atoms with Crippen LogP contribution in [0.15, 0.2) is 130 Å². The lowest BCUT2D eigenvalue weighted by molar-refractivity contribution is 0.115. The number of sulfonamides is 2. The van der Waals surface area contributed by atoms with Crippen LogP contribution in [0, 0.1) is 5.92 Å². The fraction of sp³-hybridized carbons (Fsp3) is 0.268. The molecule has 7 rings (SSSR count). The van der Waals surface area contributed by atoms with Gasteiger partial charge >= 0.3 is 12.9 Å². The molecule has 6 aromatic rings. The molecule has 2 aromatic heterocycles. The van der Waals surface area contributed by atoms with E-state index < -0.39 is 44.7 Å². The molecule has 0 amide bonds. The Hall–Kier alpha value is -5.96. The summed E-state index contributed by atoms with van der Waals surface area (Å²) in [5.41, 5.74) is 3.37. The molecule has 1 aliphatic heterocycles. The van der Waals surface area contributed by atoms with E-state index in [-0.39, 0.29) is 43.1 Å². The smallest absolute Gasteiger partial charge is 0.314 e. The van der Waals surface area contributed by atoms with Crippen LogP contribution < -0.4 is 8.61 Å². The first-order chi connectivity index (χ1) is 29.3. The van der Waals surface area contributed by atoms with E-state index in [9.17, 15) is 39.5 Å². The fourth-order valence-electron chi connectivity index (χ4n) is 6.29. The lowest BCUT2D eigenvalue weighted by Gasteiger charge is -2.26. The maximum absolute atomic E-state index is 13.3. The Morgan fingerprint density at radius 2 is 1.16 bits per heavy atom. The summed E-state index contributed by atoms with van der Waals surface area (Å²) in [5.74, 6) is -1.40. The Balaban J connectivity index is 0.000000210. The van der Waals surface area contributed by atoms with Crippen molar-refractivity contribution in [3.63, 3.8) is 0 Å². The van der Waals surface area contributed by atoms with E-state index in [1.165, 1.54) is 8.61 Å². The number of aliphatic hydroxyl groups is 1. The number of benzene rings is 4. The highest BCUT2D eigenvalue weighted by molar-refractivity contribution is 7.95. The number of para-hydroxylation sites is 2. The summed E-state index contributed by atoms with van der Waals surface area (Å²) in [6, 6.07) is 30.7. The monoisotopic (exact) mass is 883 g/mol. The van der Waals surface area contributed by atoms with Crippen LogP contribution in [0.1, 0.15) is 42.2 Å². The normalized spacial score (nSPS) is 14.5. The number of nitrogens with zero attached hydrogens (tertiary/aromatic N) is 7. The number of alkyl halides is 4. The minimum Gasteiger partial charge on any atom is -0.415 e. The molecule has 1 atom stereocenters. The zero-order valence-corrected chi connectivity index (χ0v) is 34.1. The van der Waals surface area contributed by atoms with Crippen molar-refractivity contribution in [2.45, 2.75) is 32.4 Å². The number of likely N-dealkylation sites (tertiary alicyclic amines) is 1.